The number of aliphatic hydroxyl groups excluding tert-OH is 1. The molecule has 295 valence electrons. The van der Waals surface area contributed by atoms with Gasteiger partial charge in [0.25, 0.3) is 0 Å². The van der Waals surface area contributed by atoms with E-state index in [9.17, 15) is 23.1 Å². The molecule has 1 N–H and O–H groups in total. The molecule has 1 radical (unpaired) electrons. The number of nitrogens with zero attached hydrogens (tertiary/aromatic N) is 2. The molecule has 0 saturated carbocycles. The molecule has 0 aliphatic rings. The number of aryl methyl sites for hydroxylation is 1. The second kappa shape index (κ2) is 16.9. The number of benzene rings is 4. The van der Waals surface area contributed by atoms with Crippen molar-refractivity contribution in [2.45, 2.75) is 92.7 Å². The second-order valence-corrected chi connectivity index (χ2v) is 15.6. The monoisotopic (exact) mass is 936 g/mol. The molecular formula is C48H50F3IrN2O2-. The summed E-state index contributed by atoms with van der Waals surface area (Å²) in [6, 6.07) is 29.4. The first-order valence-electron chi connectivity index (χ1n) is 19.3. The maximum absolute atomic E-state index is 13.8. The number of carbonyl (C=O) groups excluding carboxylic acids is 1. The van der Waals surface area contributed by atoms with Gasteiger partial charge >= 0.3 is 6.18 Å². The number of ketones is 1. The predicted octanol–water partition coefficient (Wildman–Crippen LogP) is 13.9. The maximum atomic E-state index is 13.8. The minimum atomic E-state index is -4.50. The van der Waals surface area contributed by atoms with Gasteiger partial charge in [-0.1, -0.05) is 114 Å². The van der Waals surface area contributed by atoms with Crippen molar-refractivity contribution < 1.29 is 43.2 Å². The first-order chi connectivity index (χ1) is 26.1. The molecule has 0 amide bonds. The summed E-state index contributed by atoms with van der Waals surface area (Å²) in [6.45, 7) is 16.8. The Morgan fingerprint density at radius 1 is 0.786 bits per heavy atom. The third-order valence-corrected chi connectivity index (χ3v) is 11.0. The molecule has 7 aromatic rings. The van der Waals surface area contributed by atoms with Gasteiger partial charge in [-0.15, -0.1) is 17.5 Å². The van der Waals surface area contributed by atoms with Crippen molar-refractivity contribution in [1.82, 2.24) is 9.38 Å². The Kier molecular flexibility index (Phi) is 12.9. The summed E-state index contributed by atoms with van der Waals surface area (Å²) in [5.41, 5.74) is 6.83. The average molecular weight is 936 g/mol. The van der Waals surface area contributed by atoms with Gasteiger partial charge < -0.3 is 9.51 Å². The SMILES string of the molecule is CCC(CC)C(=O)/C=C(\O)C(CC)CC.Cc1cc(C(C)(C)C)ccc1-c1cccc2c1cc1c3cc(C(F)(F)F)cnc3c3[c-]c4ccccc4cc3n21.[Ir]. The van der Waals surface area contributed by atoms with E-state index in [0.717, 1.165) is 75.8 Å². The number of rotatable bonds is 8. The van der Waals surface area contributed by atoms with Crippen LogP contribution in [-0.4, -0.2) is 20.3 Å². The van der Waals surface area contributed by atoms with Crippen molar-refractivity contribution >= 4 is 54.8 Å². The van der Waals surface area contributed by atoms with E-state index in [1.165, 1.54) is 17.7 Å². The normalized spacial score (nSPS) is 12.6. The molecule has 0 bridgehead atoms. The van der Waals surface area contributed by atoms with E-state index >= 15 is 0 Å². The van der Waals surface area contributed by atoms with Gasteiger partial charge in [-0.05, 0) is 89.4 Å². The van der Waals surface area contributed by atoms with Crippen molar-refractivity contribution in [3.8, 4) is 11.1 Å². The summed E-state index contributed by atoms with van der Waals surface area (Å²) < 4.78 is 43.6. The van der Waals surface area contributed by atoms with Crippen molar-refractivity contribution in [3.63, 3.8) is 0 Å². The molecule has 4 aromatic carbocycles. The first-order valence-corrected chi connectivity index (χ1v) is 19.3. The van der Waals surface area contributed by atoms with Gasteiger partial charge in [0.05, 0.1) is 11.3 Å². The third-order valence-electron chi connectivity index (χ3n) is 11.0. The van der Waals surface area contributed by atoms with Crippen molar-refractivity contribution in [2.24, 2.45) is 11.8 Å². The van der Waals surface area contributed by atoms with Crippen molar-refractivity contribution in [1.29, 1.82) is 0 Å². The molecule has 56 heavy (non-hydrogen) atoms. The van der Waals surface area contributed by atoms with Crippen LogP contribution in [0, 0.1) is 24.8 Å². The van der Waals surface area contributed by atoms with E-state index in [2.05, 4.69) is 73.5 Å². The summed E-state index contributed by atoms with van der Waals surface area (Å²) in [5.74, 6) is 0.547. The van der Waals surface area contributed by atoms with Gasteiger partial charge in [0.15, 0.2) is 5.78 Å². The number of carbonyl (C=O) groups is 1. The van der Waals surface area contributed by atoms with Crippen LogP contribution >= 0.6 is 0 Å². The number of aliphatic hydroxyl groups is 1. The smallest absolute Gasteiger partial charge is 0.417 e. The van der Waals surface area contributed by atoms with Crippen molar-refractivity contribution in [3.05, 3.63) is 120 Å². The number of aromatic nitrogens is 2. The van der Waals surface area contributed by atoms with Crippen LogP contribution in [0.25, 0.3) is 60.1 Å². The van der Waals surface area contributed by atoms with Gasteiger partial charge in [-0.3, -0.25) is 9.78 Å². The molecule has 4 nitrogen and oxygen atoms in total. The van der Waals surface area contributed by atoms with Crippen LogP contribution < -0.4 is 0 Å². The molecule has 0 unspecified atom stereocenters. The van der Waals surface area contributed by atoms with Gasteiger partial charge in [0.2, 0.25) is 0 Å². The molecule has 0 spiro atoms. The number of halogens is 3. The maximum Gasteiger partial charge on any atom is 0.417 e. The Morgan fingerprint density at radius 3 is 2.09 bits per heavy atom. The van der Waals surface area contributed by atoms with Crippen LogP contribution in [-0.2, 0) is 36.5 Å². The van der Waals surface area contributed by atoms with E-state index in [1.807, 2.05) is 70.2 Å². The van der Waals surface area contributed by atoms with Crippen LogP contribution in [0.2, 0.25) is 0 Å². The third kappa shape index (κ3) is 8.28. The summed E-state index contributed by atoms with van der Waals surface area (Å²) in [4.78, 5) is 16.1. The van der Waals surface area contributed by atoms with E-state index in [4.69, 9.17) is 0 Å². The number of alkyl halides is 3. The molecule has 0 aliphatic heterocycles. The summed E-state index contributed by atoms with van der Waals surface area (Å²) in [7, 11) is 0. The largest absolute Gasteiger partial charge is 0.512 e. The molecule has 3 aromatic heterocycles. The van der Waals surface area contributed by atoms with Crippen molar-refractivity contribution in [2.75, 3.05) is 0 Å². The zero-order valence-electron chi connectivity index (χ0n) is 33.4. The summed E-state index contributed by atoms with van der Waals surface area (Å²) >= 11 is 0. The Labute approximate surface area is 341 Å². The molecular weight excluding hydrogens is 886 g/mol. The average Bonchev–Trinajstić information content (AvgIpc) is 3.55. The first kappa shape index (κ1) is 42.6. The fourth-order valence-electron chi connectivity index (χ4n) is 7.66. The van der Waals surface area contributed by atoms with E-state index < -0.39 is 11.7 Å². The summed E-state index contributed by atoms with van der Waals surface area (Å²) in [6.07, 6.45) is 1.34. The quantitative estimate of drug-likeness (QED) is 0.0543. The van der Waals surface area contributed by atoms with Gasteiger partial charge in [-0.25, -0.2) is 0 Å². The fourth-order valence-corrected chi connectivity index (χ4v) is 7.66. The van der Waals surface area contributed by atoms with Gasteiger partial charge in [0, 0.05) is 66.2 Å². The minimum absolute atomic E-state index is 0. The Balaban J connectivity index is 0.000000322. The van der Waals surface area contributed by atoms with E-state index in [0.29, 0.717) is 21.8 Å². The van der Waals surface area contributed by atoms with Crippen LogP contribution in [0.3, 0.4) is 0 Å². The topological polar surface area (TPSA) is 54.6 Å². The van der Waals surface area contributed by atoms with Crippen LogP contribution in [0.15, 0.2) is 96.9 Å². The van der Waals surface area contributed by atoms with E-state index in [1.54, 1.807) is 0 Å². The van der Waals surface area contributed by atoms with Crippen LogP contribution in [0.5, 0.6) is 0 Å². The van der Waals surface area contributed by atoms with Gasteiger partial charge in [-0.2, -0.15) is 13.2 Å². The minimum Gasteiger partial charge on any atom is -0.512 e. The number of pyridine rings is 2. The zero-order valence-corrected chi connectivity index (χ0v) is 35.8. The second-order valence-electron chi connectivity index (χ2n) is 15.6. The molecule has 8 heteroatoms. The number of hydrogen-bond acceptors (Lipinski definition) is 3. The van der Waals surface area contributed by atoms with Gasteiger partial charge in [0.1, 0.15) is 0 Å². The number of fused-ring (bicyclic) bond motifs is 9. The predicted molar refractivity (Wildman–Crippen MR) is 222 cm³/mol. The van der Waals surface area contributed by atoms with Crippen LogP contribution in [0.1, 0.15) is 90.8 Å². The standard InChI is InChI=1S/C35H26F3N2.C13H24O2.Ir/c1-20-14-23(34(2,3)4)12-13-25(20)26-10-7-11-30-27(26)18-32-29-17-24(35(36,37)38)19-39-33(29)28-15-21-8-5-6-9-22(21)16-31(28)40(30)32;1-5-10(6-2)12(14)9-13(15)11(7-3)8-4;/h5-14,16-19H,1-4H3;9-11,14H,5-8H2,1-4H3;/q-1;;/b;12-9-;. The Morgan fingerprint density at radius 2 is 1.46 bits per heavy atom. The fraction of sp³-hybridized carbons (Fsp3) is 0.333. The number of allylic oxidation sites excluding steroid dienone is 2. The molecule has 7 rings (SSSR count). The molecule has 0 aliphatic carbocycles. The Bertz CT molecular complexity index is 2570. The molecule has 3 heterocycles. The van der Waals surface area contributed by atoms with E-state index in [-0.39, 0.29) is 48.9 Å². The van der Waals surface area contributed by atoms with Crippen LogP contribution in [0.4, 0.5) is 13.2 Å². The zero-order chi connectivity index (χ0) is 39.8. The number of hydrogen-bond donors (Lipinski definition) is 1. The summed E-state index contributed by atoms with van der Waals surface area (Å²) in [5, 5.41) is 13.8. The molecule has 0 atom stereocenters. The Hall–Kier alpha value is -4.52. The molecule has 0 saturated heterocycles. The molecule has 0 fully saturated rings.